The van der Waals surface area contributed by atoms with E-state index in [0.717, 1.165) is 40.7 Å². The summed E-state index contributed by atoms with van der Waals surface area (Å²) in [5.74, 6) is 1.25. The van der Waals surface area contributed by atoms with E-state index in [2.05, 4.69) is 46.6 Å². The molecule has 0 unspecified atom stereocenters. The molecule has 3 N–H and O–H groups in total. The summed E-state index contributed by atoms with van der Waals surface area (Å²) < 4.78 is 12.3. The zero-order valence-corrected chi connectivity index (χ0v) is 22.1. The number of allylic oxidation sites excluding steroid dienone is 1. The lowest BCUT2D eigenvalue weighted by Crippen LogP contribution is -2.28. The van der Waals surface area contributed by atoms with E-state index in [4.69, 9.17) is 16.6 Å². The Morgan fingerprint density at radius 1 is 1.09 bits per heavy atom. The number of guanidine groups is 1. The molecule has 34 heavy (non-hydrogen) atoms. The van der Waals surface area contributed by atoms with Gasteiger partial charge < -0.3 is 20.2 Å². The second-order valence-corrected chi connectivity index (χ2v) is 12.3. The second kappa shape index (κ2) is 11.5. The number of hydrogen-bond donors (Lipinski definition) is 3. The van der Waals surface area contributed by atoms with Crippen LogP contribution in [-0.4, -0.2) is 36.0 Å². The molecule has 0 aliphatic carbocycles. The smallest absolute Gasteiger partial charge is 0.224 e. The molecule has 1 aromatic heterocycles. The molecule has 3 aromatic rings. The summed E-state index contributed by atoms with van der Waals surface area (Å²) in [6.45, 7) is 9.98. The maximum Gasteiger partial charge on any atom is 0.224 e. The third-order valence-electron chi connectivity index (χ3n) is 5.53. The summed E-state index contributed by atoms with van der Waals surface area (Å²) in [6, 6.07) is 15.9. The first kappa shape index (κ1) is 25.8. The van der Waals surface area contributed by atoms with Gasteiger partial charge in [-0.15, -0.1) is 0 Å². The van der Waals surface area contributed by atoms with E-state index in [9.17, 15) is 4.57 Å². The van der Waals surface area contributed by atoms with Crippen molar-refractivity contribution >= 4 is 51.8 Å². The van der Waals surface area contributed by atoms with Gasteiger partial charge >= 0.3 is 0 Å². The molecule has 1 heterocycles. The third-order valence-corrected chi connectivity index (χ3v) is 7.16. The second-order valence-electron chi connectivity index (χ2n) is 8.58. The Bertz CT molecular complexity index is 1260. The fourth-order valence-electron chi connectivity index (χ4n) is 3.45. The molecule has 0 atom stereocenters. The average molecular weight is 498 g/mol. The van der Waals surface area contributed by atoms with Gasteiger partial charge in [-0.25, -0.2) is 4.99 Å². The minimum atomic E-state index is -2.29. The highest BCUT2D eigenvalue weighted by atomic mass is 35.5. The predicted molar refractivity (Wildman–Crippen MR) is 149 cm³/mol. The first-order chi connectivity index (χ1) is 16.2. The number of aromatic nitrogens is 1. The van der Waals surface area contributed by atoms with Crippen LogP contribution in [0, 0.1) is 0 Å². The Morgan fingerprint density at radius 3 is 2.44 bits per heavy atom. The SMILES string of the molecule is CC/C(C)=C(/NC(=NCCc1c[nH]c2ccccc12)/N=C(\C)Cl)Nc1ccc(P(C)(C)=O)cc1. The molecule has 8 heteroatoms. The molecule has 180 valence electrons. The summed E-state index contributed by atoms with van der Waals surface area (Å²) in [4.78, 5) is 12.4. The van der Waals surface area contributed by atoms with Crippen molar-refractivity contribution in [2.24, 2.45) is 9.98 Å². The van der Waals surface area contributed by atoms with E-state index in [-0.39, 0.29) is 0 Å². The Kier molecular flexibility index (Phi) is 8.76. The quantitative estimate of drug-likeness (QED) is 0.193. The van der Waals surface area contributed by atoms with Gasteiger partial charge in [-0.05, 0) is 81.5 Å². The predicted octanol–water partition coefficient (Wildman–Crippen LogP) is 6.31. The molecule has 3 rings (SSSR count). The van der Waals surface area contributed by atoms with Gasteiger partial charge in [-0.3, -0.25) is 4.99 Å². The Labute approximate surface area is 207 Å². The van der Waals surface area contributed by atoms with Crippen LogP contribution in [0.15, 0.2) is 76.1 Å². The maximum atomic E-state index is 12.3. The molecule has 0 radical (unpaired) electrons. The van der Waals surface area contributed by atoms with Crippen molar-refractivity contribution in [3.05, 3.63) is 71.7 Å². The van der Waals surface area contributed by atoms with Crippen LogP contribution >= 0.6 is 18.7 Å². The number of para-hydroxylation sites is 1. The van der Waals surface area contributed by atoms with E-state index >= 15 is 0 Å². The standard InChI is InChI=1S/C26H33ClN5OP/c1-6-18(2)25(31-21-11-13-22(14-12-21)34(4,5)33)32-26(30-19(3)27)28-16-15-20-17-29-24-10-8-7-9-23(20)24/h7-14,17,29,31H,6,15-16H2,1-5H3,(H,28,32)/b25-18+,30-19+. The number of hydrogen-bond acceptors (Lipinski definition) is 3. The highest BCUT2D eigenvalue weighted by molar-refractivity contribution is 7.70. The molecule has 0 spiro atoms. The number of rotatable bonds is 8. The largest absolute Gasteiger partial charge is 0.361 e. The van der Waals surface area contributed by atoms with E-state index in [1.165, 1.54) is 10.9 Å². The van der Waals surface area contributed by atoms with E-state index in [0.29, 0.717) is 17.7 Å². The number of nitrogens with one attached hydrogen (secondary N) is 3. The molecule has 0 bridgehead atoms. The van der Waals surface area contributed by atoms with Gasteiger partial charge in [-0.1, -0.05) is 36.7 Å². The molecule has 0 saturated heterocycles. The molecular formula is C26H33ClN5OP. The van der Waals surface area contributed by atoms with Crippen LogP contribution in [0.1, 0.15) is 32.8 Å². The van der Waals surface area contributed by atoms with Gasteiger partial charge in [0, 0.05) is 34.6 Å². The first-order valence-electron chi connectivity index (χ1n) is 11.4. The minimum absolute atomic E-state index is 0.401. The van der Waals surface area contributed by atoms with Crippen molar-refractivity contribution < 1.29 is 4.57 Å². The Morgan fingerprint density at radius 2 is 1.79 bits per heavy atom. The Balaban J connectivity index is 1.78. The fourth-order valence-corrected chi connectivity index (χ4v) is 4.40. The van der Waals surface area contributed by atoms with Crippen LogP contribution < -0.4 is 15.9 Å². The van der Waals surface area contributed by atoms with Crippen LogP contribution in [0.4, 0.5) is 5.69 Å². The number of nitrogens with zero attached hydrogens (tertiary/aromatic N) is 2. The van der Waals surface area contributed by atoms with E-state index in [1.807, 2.05) is 42.6 Å². The van der Waals surface area contributed by atoms with Crippen LogP contribution in [-0.2, 0) is 11.0 Å². The van der Waals surface area contributed by atoms with Crippen molar-refractivity contribution in [3.63, 3.8) is 0 Å². The molecule has 0 aliphatic heterocycles. The number of aliphatic imine (C=N–C) groups is 2. The lowest BCUT2D eigenvalue weighted by Gasteiger charge is -2.17. The number of halogens is 1. The number of anilines is 1. The zero-order chi connectivity index (χ0) is 24.7. The first-order valence-corrected chi connectivity index (χ1v) is 14.3. The highest BCUT2D eigenvalue weighted by Gasteiger charge is 2.12. The van der Waals surface area contributed by atoms with Crippen molar-refractivity contribution in [2.45, 2.75) is 33.6 Å². The third kappa shape index (κ3) is 7.09. The van der Waals surface area contributed by atoms with Crippen LogP contribution in [0.3, 0.4) is 0 Å². The summed E-state index contributed by atoms with van der Waals surface area (Å²) >= 11 is 6.11. The molecule has 6 nitrogen and oxygen atoms in total. The van der Waals surface area contributed by atoms with Crippen LogP contribution in [0.2, 0.25) is 0 Å². The normalized spacial score (nSPS) is 13.7. The fraction of sp³-hybridized carbons (Fsp3) is 0.308. The number of aromatic amines is 1. The molecule has 0 fully saturated rings. The molecular weight excluding hydrogens is 465 g/mol. The highest BCUT2D eigenvalue weighted by Crippen LogP contribution is 2.34. The topological polar surface area (TPSA) is 81.6 Å². The lowest BCUT2D eigenvalue weighted by molar-refractivity contribution is 0.588. The summed E-state index contributed by atoms with van der Waals surface area (Å²) in [5.41, 5.74) is 4.34. The molecule has 2 aromatic carbocycles. The number of H-pyrrole nitrogens is 1. The summed E-state index contributed by atoms with van der Waals surface area (Å²) in [6.07, 6.45) is 3.66. The van der Waals surface area contributed by atoms with Crippen molar-refractivity contribution in [1.82, 2.24) is 10.3 Å². The van der Waals surface area contributed by atoms with Gasteiger partial charge in [0.25, 0.3) is 0 Å². The van der Waals surface area contributed by atoms with Crippen molar-refractivity contribution in [2.75, 3.05) is 25.2 Å². The monoisotopic (exact) mass is 497 g/mol. The van der Waals surface area contributed by atoms with Gasteiger partial charge in [0.2, 0.25) is 5.96 Å². The zero-order valence-electron chi connectivity index (χ0n) is 20.4. The van der Waals surface area contributed by atoms with Gasteiger partial charge in [0.15, 0.2) is 0 Å². The van der Waals surface area contributed by atoms with Crippen molar-refractivity contribution in [3.8, 4) is 0 Å². The molecule has 0 amide bonds. The van der Waals surface area contributed by atoms with E-state index in [1.54, 1.807) is 20.3 Å². The van der Waals surface area contributed by atoms with E-state index < -0.39 is 7.14 Å². The molecule has 0 saturated carbocycles. The van der Waals surface area contributed by atoms with Gasteiger partial charge in [0.1, 0.15) is 18.1 Å². The maximum absolute atomic E-state index is 12.3. The number of fused-ring (bicyclic) bond motifs is 1. The summed E-state index contributed by atoms with van der Waals surface area (Å²) in [7, 11) is -2.29. The van der Waals surface area contributed by atoms with Gasteiger partial charge in [-0.2, -0.15) is 0 Å². The Hall–Kier alpha value is -2.82. The average Bonchev–Trinajstić information content (AvgIpc) is 3.20. The summed E-state index contributed by atoms with van der Waals surface area (Å²) in [5, 5.41) is 9.21. The van der Waals surface area contributed by atoms with Crippen LogP contribution in [0.25, 0.3) is 10.9 Å². The van der Waals surface area contributed by atoms with Gasteiger partial charge in [0.05, 0.1) is 0 Å². The number of benzene rings is 2. The van der Waals surface area contributed by atoms with Crippen LogP contribution in [0.5, 0.6) is 0 Å². The minimum Gasteiger partial charge on any atom is -0.361 e. The lowest BCUT2D eigenvalue weighted by atomic mass is 10.1. The molecule has 0 aliphatic rings. The van der Waals surface area contributed by atoms with Crippen molar-refractivity contribution in [1.29, 1.82) is 0 Å².